The molecule has 0 heterocycles. The maximum Gasteiger partial charge on any atom is 0.111 e. The molecule has 0 fully saturated rings. The van der Waals surface area contributed by atoms with Crippen molar-refractivity contribution < 1.29 is 30.6 Å². The number of aliphatic hydroxyl groups is 6. The normalized spacial score (nSPS) is 16.9. The molecule has 0 aromatic carbocycles. The summed E-state index contributed by atoms with van der Waals surface area (Å²) in [4.78, 5) is 0. The Kier molecular flexibility index (Phi) is 20.5. The van der Waals surface area contributed by atoms with Crippen molar-refractivity contribution in [2.75, 3.05) is 6.61 Å². The fraction of sp³-hybridized carbons (Fsp3) is 0.958. The van der Waals surface area contributed by atoms with Gasteiger partial charge in [-0.25, -0.2) is 0 Å². The highest BCUT2D eigenvalue weighted by molar-refractivity contribution is 4.90. The zero-order valence-corrected chi connectivity index (χ0v) is 19.2. The van der Waals surface area contributed by atoms with Gasteiger partial charge >= 0.3 is 0 Å². The summed E-state index contributed by atoms with van der Waals surface area (Å²) in [5.41, 5.74) is 0. The van der Waals surface area contributed by atoms with Crippen LogP contribution in [0.25, 0.3) is 0 Å². The van der Waals surface area contributed by atoms with Crippen LogP contribution in [-0.2, 0) is 0 Å². The molecule has 0 saturated carbocycles. The topological polar surface area (TPSA) is 121 Å². The lowest BCUT2D eigenvalue weighted by molar-refractivity contribution is -0.135. The third-order valence-corrected chi connectivity index (χ3v) is 5.85. The summed E-state index contributed by atoms with van der Waals surface area (Å²) in [6.07, 6.45) is 13.6. The van der Waals surface area contributed by atoms with E-state index < -0.39 is 37.1 Å². The number of hydrogen-bond donors (Lipinski definition) is 6. The van der Waals surface area contributed by atoms with Gasteiger partial charge in [-0.1, -0.05) is 103 Å². The highest BCUT2D eigenvalue weighted by atomic mass is 16.4. The quantitative estimate of drug-likeness (QED) is 0.146. The summed E-state index contributed by atoms with van der Waals surface area (Å²) in [5.74, 6) is 0. The molecule has 0 amide bonds. The molecule has 6 N–H and O–H groups in total. The Bertz CT molecular complexity index is 355. The third-order valence-electron chi connectivity index (χ3n) is 5.85. The molecule has 0 aromatic rings. The molecule has 6 heteroatoms. The minimum absolute atomic E-state index is 0.613. The van der Waals surface area contributed by atoms with Crippen LogP contribution in [-0.4, -0.2) is 67.8 Å². The Balaban J connectivity index is 3.46. The molecule has 1 radical (unpaired) electrons. The smallest absolute Gasteiger partial charge is 0.111 e. The van der Waals surface area contributed by atoms with Crippen LogP contribution in [0.1, 0.15) is 110 Å². The summed E-state index contributed by atoms with van der Waals surface area (Å²) in [6.45, 7) is 1.52. The van der Waals surface area contributed by atoms with Gasteiger partial charge in [0.1, 0.15) is 24.4 Å². The maximum atomic E-state index is 9.89. The van der Waals surface area contributed by atoms with E-state index in [-0.39, 0.29) is 0 Å². The van der Waals surface area contributed by atoms with Crippen LogP contribution in [0.4, 0.5) is 0 Å². The summed E-state index contributed by atoms with van der Waals surface area (Å²) < 4.78 is 0. The van der Waals surface area contributed by atoms with Crippen molar-refractivity contribution >= 4 is 0 Å². The Morgan fingerprint density at radius 3 is 1.33 bits per heavy atom. The van der Waals surface area contributed by atoms with Crippen molar-refractivity contribution in [2.24, 2.45) is 0 Å². The molecule has 30 heavy (non-hydrogen) atoms. The Labute approximate surface area is 184 Å². The van der Waals surface area contributed by atoms with Crippen LogP contribution in [0.15, 0.2) is 0 Å². The molecule has 5 atom stereocenters. The molecule has 6 nitrogen and oxygen atoms in total. The second-order valence-corrected chi connectivity index (χ2v) is 8.69. The second-order valence-electron chi connectivity index (χ2n) is 8.69. The monoisotopic (exact) mass is 433 g/mol. The van der Waals surface area contributed by atoms with Crippen LogP contribution >= 0.6 is 0 Å². The number of rotatable bonds is 22. The lowest BCUT2D eigenvalue weighted by Crippen LogP contribution is -2.50. The average Bonchev–Trinajstić information content (AvgIpc) is 2.76. The molecule has 1 unspecified atom stereocenters. The van der Waals surface area contributed by atoms with Crippen molar-refractivity contribution in [3.8, 4) is 0 Å². The Morgan fingerprint density at radius 1 is 0.533 bits per heavy atom. The van der Waals surface area contributed by atoms with Gasteiger partial charge in [0.25, 0.3) is 0 Å². The zero-order valence-electron chi connectivity index (χ0n) is 19.2. The molecule has 0 aliphatic carbocycles. The molecule has 0 rings (SSSR count). The lowest BCUT2D eigenvalue weighted by Gasteiger charge is -2.28. The Morgan fingerprint density at radius 2 is 0.933 bits per heavy atom. The largest absolute Gasteiger partial charge is 0.394 e. The predicted octanol–water partition coefficient (Wildman–Crippen LogP) is 3.25. The van der Waals surface area contributed by atoms with Crippen LogP contribution in [0.2, 0.25) is 0 Å². The molecular weight excluding hydrogens is 384 g/mol. The molecule has 0 aliphatic rings. The van der Waals surface area contributed by atoms with Gasteiger partial charge in [0.2, 0.25) is 0 Å². The standard InChI is InChI=1S/C24H49O6/c1-2-3-4-5-6-7-8-9-10-11-12-13-14-15-16-17-18-20(26)22(28)24(30)23(29)21(27)19-25/h18,20-30H,2-17,19H2,1H3/t20?,21-,22+,23-,24-/m1/s1. The number of hydrogen-bond acceptors (Lipinski definition) is 6. The zero-order chi connectivity index (χ0) is 22.6. The summed E-state index contributed by atoms with van der Waals surface area (Å²) in [7, 11) is 0. The SMILES string of the molecule is CCCCCCCCCCCCCCCCC[CH]C(O)[C@H](O)[C@@H](O)[C@H](O)[C@H](O)CO. The fourth-order valence-corrected chi connectivity index (χ4v) is 3.68. The number of aliphatic hydroxyl groups excluding tert-OH is 6. The first kappa shape index (κ1) is 29.8. The minimum atomic E-state index is -1.72. The molecule has 181 valence electrons. The molecule has 0 spiro atoms. The third kappa shape index (κ3) is 15.5. The first-order chi connectivity index (χ1) is 14.5. The van der Waals surface area contributed by atoms with E-state index >= 15 is 0 Å². The van der Waals surface area contributed by atoms with E-state index in [4.69, 9.17) is 5.11 Å². The molecule has 0 aliphatic heterocycles. The van der Waals surface area contributed by atoms with Crippen molar-refractivity contribution in [3.63, 3.8) is 0 Å². The second kappa shape index (κ2) is 20.7. The summed E-state index contributed by atoms with van der Waals surface area (Å²) >= 11 is 0. The van der Waals surface area contributed by atoms with E-state index in [1.54, 1.807) is 0 Å². The molecule has 0 bridgehead atoms. The van der Waals surface area contributed by atoms with Crippen LogP contribution in [0, 0.1) is 6.42 Å². The van der Waals surface area contributed by atoms with E-state index in [2.05, 4.69) is 6.92 Å². The van der Waals surface area contributed by atoms with Gasteiger partial charge in [0, 0.05) is 0 Å². The average molecular weight is 434 g/mol. The van der Waals surface area contributed by atoms with Crippen molar-refractivity contribution in [3.05, 3.63) is 6.42 Å². The van der Waals surface area contributed by atoms with Crippen LogP contribution in [0.5, 0.6) is 0 Å². The van der Waals surface area contributed by atoms with Gasteiger partial charge in [0.15, 0.2) is 0 Å². The molecule has 0 saturated heterocycles. The van der Waals surface area contributed by atoms with Crippen LogP contribution < -0.4 is 0 Å². The van der Waals surface area contributed by atoms with E-state index in [9.17, 15) is 25.5 Å². The molecule has 0 aromatic heterocycles. The van der Waals surface area contributed by atoms with Gasteiger partial charge in [0.05, 0.1) is 12.7 Å². The van der Waals surface area contributed by atoms with Gasteiger partial charge in [-0.3, -0.25) is 0 Å². The Hall–Kier alpha value is -0.240. The number of unbranched alkanes of at least 4 members (excludes halogenated alkanes) is 15. The van der Waals surface area contributed by atoms with Gasteiger partial charge in [-0.05, 0) is 12.8 Å². The molecular formula is C24H49O6. The van der Waals surface area contributed by atoms with E-state index in [0.29, 0.717) is 6.42 Å². The first-order valence-corrected chi connectivity index (χ1v) is 12.3. The maximum absolute atomic E-state index is 9.89. The van der Waals surface area contributed by atoms with Crippen molar-refractivity contribution in [1.29, 1.82) is 0 Å². The van der Waals surface area contributed by atoms with Gasteiger partial charge in [-0.2, -0.15) is 0 Å². The van der Waals surface area contributed by atoms with Crippen molar-refractivity contribution in [1.82, 2.24) is 0 Å². The van der Waals surface area contributed by atoms with E-state index in [1.807, 2.05) is 0 Å². The van der Waals surface area contributed by atoms with Gasteiger partial charge in [-0.15, -0.1) is 0 Å². The predicted molar refractivity (Wildman–Crippen MR) is 121 cm³/mol. The van der Waals surface area contributed by atoms with Crippen molar-refractivity contribution in [2.45, 2.75) is 140 Å². The van der Waals surface area contributed by atoms with Gasteiger partial charge < -0.3 is 30.6 Å². The highest BCUT2D eigenvalue weighted by Crippen LogP contribution is 2.16. The minimum Gasteiger partial charge on any atom is -0.394 e. The highest BCUT2D eigenvalue weighted by Gasteiger charge is 2.33. The fourth-order valence-electron chi connectivity index (χ4n) is 3.68. The lowest BCUT2D eigenvalue weighted by atomic mass is 9.96. The first-order valence-electron chi connectivity index (χ1n) is 12.3. The summed E-state index contributed by atoms with van der Waals surface area (Å²) in [6, 6.07) is 0. The van der Waals surface area contributed by atoms with E-state index in [1.165, 1.54) is 83.5 Å². The summed E-state index contributed by atoms with van der Waals surface area (Å²) in [5, 5.41) is 57.1. The van der Waals surface area contributed by atoms with Crippen LogP contribution in [0.3, 0.4) is 0 Å². The van der Waals surface area contributed by atoms with E-state index in [0.717, 1.165) is 19.3 Å².